The minimum atomic E-state index is -0.396. The summed E-state index contributed by atoms with van der Waals surface area (Å²) in [6, 6.07) is 8.42. The number of hydrogen-bond acceptors (Lipinski definition) is 4. The molecule has 2 fully saturated rings. The number of ether oxygens (including phenoxy) is 1. The molecular formula is C19H29N3O2. The number of nitrogens with two attached hydrogens (primary N) is 1. The van der Waals surface area contributed by atoms with Crippen LogP contribution < -0.4 is 16.4 Å². The van der Waals surface area contributed by atoms with E-state index in [9.17, 15) is 4.79 Å². The summed E-state index contributed by atoms with van der Waals surface area (Å²) in [5, 5.41) is 6.56. The van der Waals surface area contributed by atoms with Gasteiger partial charge in [-0.2, -0.15) is 0 Å². The second-order valence-corrected chi connectivity index (χ2v) is 7.40. The van der Waals surface area contributed by atoms with Crippen LogP contribution in [0, 0.1) is 5.92 Å². The summed E-state index contributed by atoms with van der Waals surface area (Å²) in [5.41, 5.74) is 7.84. The van der Waals surface area contributed by atoms with Crippen molar-refractivity contribution in [3.63, 3.8) is 0 Å². The zero-order chi connectivity index (χ0) is 17.0. The fraction of sp³-hybridized carbons (Fsp3) is 0.632. The number of carbonyl (C=O) groups excluding carboxylic acids is 1. The highest BCUT2D eigenvalue weighted by Gasteiger charge is 2.37. The Kier molecular flexibility index (Phi) is 5.41. The Morgan fingerprint density at radius 1 is 1.12 bits per heavy atom. The Labute approximate surface area is 144 Å². The maximum Gasteiger partial charge on any atom is 0.229 e. The van der Waals surface area contributed by atoms with Crippen LogP contribution in [-0.4, -0.2) is 30.7 Å². The monoisotopic (exact) mass is 331 g/mol. The number of amides is 1. The van der Waals surface area contributed by atoms with Crippen LogP contribution in [0.1, 0.15) is 45.4 Å². The second-order valence-electron chi connectivity index (χ2n) is 7.40. The van der Waals surface area contributed by atoms with Crippen molar-refractivity contribution in [3.05, 3.63) is 24.3 Å². The molecule has 1 aromatic carbocycles. The summed E-state index contributed by atoms with van der Waals surface area (Å²) >= 11 is 0. The number of carbonyl (C=O) groups is 1. The van der Waals surface area contributed by atoms with E-state index < -0.39 is 5.54 Å². The molecule has 24 heavy (non-hydrogen) atoms. The van der Waals surface area contributed by atoms with Gasteiger partial charge in [-0.05, 0) is 56.9 Å². The van der Waals surface area contributed by atoms with Gasteiger partial charge in [-0.1, -0.05) is 12.8 Å². The van der Waals surface area contributed by atoms with Gasteiger partial charge in [-0.15, -0.1) is 0 Å². The van der Waals surface area contributed by atoms with E-state index in [1.165, 1.54) is 0 Å². The van der Waals surface area contributed by atoms with Crippen LogP contribution in [0.2, 0.25) is 0 Å². The van der Waals surface area contributed by atoms with E-state index in [1.807, 2.05) is 31.2 Å². The standard InChI is InChI=1S/C19H29N3O2/c1-19(20)11-3-2-4-17(19)18(23)22-15-7-5-14(6-8-15)21-16-9-12-24-13-10-16/h5-8,16-17,21H,2-4,9-13,20H2,1H3,(H,22,23). The highest BCUT2D eigenvalue weighted by atomic mass is 16.5. The molecule has 132 valence electrons. The van der Waals surface area contributed by atoms with Gasteiger partial charge in [-0.3, -0.25) is 4.79 Å². The average molecular weight is 331 g/mol. The smallest absolute Gasteiger partial charge is 0.229 e. The first-order valence-electron chi connectivity index (χ1n) is 9.09. The van der Waals surface area contributed by atoms with Crippen molar-refractivity contribution in [2.24, 2.45) is 11.7 Å². The van der Waals surface area contributed by atoms with Gasteiger partial charge in [-0.25, -0.2) is 0 Å². The summed E-state index contributed by atoms with van der Waals surface area (Å²) in [6.45, 7) is 3.65. The number of rotatable bonds is 4. The highest BCUT2D eigenvalue weighted by molar-refractivity contribution is 5.93. The van der Waals surface area contributed by atoms with Gasteiger partial charge in [0.05, 0.1) is 5.92 Å². The molecule has 5 nitrogen and oxygen atoms in total. The summed E-state index contributed by atoms with van der Waals surface area (Å²) in [6.07, 6.45) is 6.06. The van der Waals surface area contributed by atoms with Crippen molar-refractivity contribution in [2.75, 3.05) is 23.8 Å². The van der Waals surface area contributed by atoms with Gasteiger partial charge in [0.25, 0.3) is 0 Å². The van der Waals surface area contributed by atoms with E-state index >= 15 is 0 Å². The van der Waals surface area contributed by atoms with Crippen molar-refractivity contribution < 1.29 is 9.53 Å². The van der Waals surface area contributed by atoms with Crippen LogP contribution in [0.5, 0.6) is 0 Å². The third kappa shape index (κ3) is 4.28. The molecule has 1 amide bonds. The van der Waals surface area contributed by atoms with Crippen molar-refractivity contribution >= 4 is 17.3 Å². The minimum absolute atomic E-state index is 0.0461. The van der Waals surface area contributed by atoms with Crippen LogP contribution in [0.25, 0.3) is 0 Å². The molecule has 0 aromatic heterocycles. The molecule has 4 N–H and O–H groups in total. The van der Waals surface area contributed by atoms with Crippen LogP contribution in [-0.2, 0) is 9.53 Å². The molecule has 1 heterocycles. The van der Waals surface area contributed by atoms with E-state index in [2.05, 4.69) is 10.6 Å². The minimum Gasteiger partial charge on any atom is -0.382 e. The Morgan fingerprint density at radius 3 is 2.46 bits per heavy atom. The summed E-state index contributed by atoms with van der Waals surface area (Å²) < 4.78 is 5.38. The maximum absolute atomic E-state index is 12.6. The number of hydrogen-bond donors (Lipinski definition) is 3. The van der Waals surface area contributed by atoms with Crippen molar-refractivity contribution in [3.8, 4) is 0 Å². The molecule has 0 bridgehead atoms. The largest absolute Gasteiger partial charge is 0.382 e. The SMILES string of the molecule is CC1(N)CCCCC1C(=O)Nc1ccc(NC2CCOCC2)cc1. The fourth-order valence-corrected chi connectivity index (χ4v) is 3.75. The van der Waals surface area contributed by atoms with Gasteiger partial charge >= 0.3 is 0 Å². The second kappa shape index (κ2) is 7.53. The van der Waals surface area contributed by atoms with Crippen molar-refractivity contribution in [1.29, 1.82) is 0 Å². The van der Waals surface area contributed by atoms with Crippen LogP contribution in [0.15, 0.2) is 24.3 Å². The van der Waals surface area contributed by atoms with Crippen LogP contribution in [0.3, 0.4) is 0 Å². The molecule has 2 atom stereocenters. The topological polar surface area (TPSA) is 76.4 Å². The molecule has 2 unspecified atom stereocenters. The third-order valence-electron chi connectivity index (χ3n) is 5.32. The first kappa shape index (κ1) is 17.2. The Bertz CT molecular complexity index is 550. The number of nitrogens with one attached hydrogen (secondary N) is 2. The lowest BCUT2D eigenvalue weighted by Crippen LogP contribution is -2.51. The molecule has 1 aliphatic heterocycles. The van der Waals surface area contributed by atoms with Gasteiger partial charge in [0, 0.05) is 36.2 Å². The Balaban J connectivity index is 1.56. The van der Waals surface area contributed by atoms with E-state index in [4.69, 9.17) is 10.5 Å². The molecule has 1 aliphatic carbocycles. The molecule has 5 heteroatoms. The molecule has 0 radical (unpaired) electrons. The highest BCUT2D eigenvalue weighted by Crippen LogP contribution is 2.32. The normalized spacial score (nSPS) is 28.3. The third-order valence-corrected chi connectivity index (χ3v) is 5.32. The van der Waals surface area contributed by atoms with E-state index in [0.717, 1.165) is 63.1 Å². The predicted molar refractivity (Wildman–Crippen MR) is 97.1 cm³/mol. The van der Waals surface area contributed by atoms with Gasteiger partial charge in [0.2, 0.25) is 5.91 Å². The van der Waals surface area contributed by atoms with Gasteiger partial charge in [0.1, 0.15) is 0 Å². The van der Waals surface area contributed by atoms with Gasteiger partial charge in [0.15, 0.2) is 0 Å². The van der Waals surface area contributed by atoms with Crippen molar-refractivity contribution in [1.82, 2.24) is 0 Å². The molecular weight excluding hydrogens is 302 g/mol. The number of benzene rings is 1. The van der Waals surface area contributed by atoms with Crippen LogP contribution in [0.4, 0.5) is 11.4 Å². The molecule has 1 saturated heterocycles. The fourth-order valence-electron chi connectivity index (χ4n) is 3.75. The first-order valence-corrected chi connectivity index (χ1v) is 9.09. The van der Waals surface area contributed by atoms with E-state index in [1.54, 1.807) is 0 Å². The lowest BCUT2D eigenvalue weighted by Gasteiger charge is -2.37. The average Bonchev–Trinajstić information content (AvgIpc) is 2.57. The zero-order valence-electron chi connectivity index (χ0n) is 14.5. The molecule has 3 rings (SSSR count). The lowest BCUT2D eigenvalue weighted by molar-refractivity contribution is -0.122. The predicted octanol–water partition coefficient (Wildman–Crippen LogP) is 3.12. The Morgan fingerprint density at radius 2 is 1.79 bits per heavy atom. The van der Waals surface area contributed by atoms with Gasteiger partial charge < -0.3 is 21.1 Å². The van der Waals surface area contributed by atoms with Crippen LogP contribution >= 0.6 is 0 Å². The summed E-state index contributed by atoms with van der Waals surface area (Å²) in [4.78, 5) is 12.6. The maximum atomic E-state index is 12.6. The zero-order valence-corrected chi connectivity index (χ0v) is 14.5. The molecule has 1 saturated carbocycles. The summed E-state index contributed by atoms with van der Waals surface area (Å²) in [7, 11) is 0. The Hall–Kier alpha value is -1.59. The molecule has 1 aromatic rings. The molecule has 0 spiro atoms. The molecule has 2 aliphatic rings. The van der Waals surface area contributed by atoms with Crippen molar-refractivity contribution in [2.45, 2.75) is 57.0 Å². The quantitative estimate of drug-likeness (QED) is 0.792. The van der Waals surface area contributed by atoms with E-state index in [-0.39, 0.29) is 11.8 Å². The lowest BCUT2D eigenvalue weighted by atomic mass is 9.74. The first-order chi connectivity index (χ1) is 11.5. The number of anilines is 2. The summed E-state index contributed by atoms with van der Waals surface area (Å²) in [5.74, 6) is -0.0591. The van der Waals surface area contributed by atoms with E-state index in [0.29, 0.717) is 6.04 Å².